The topological polar surface area (TPSA) is 72.8 Å². The fourth-order valence-corrected chi connectivity index (χ4v) is 12.8. The zero-order chi connectivity index (χ0) is 66.1. The van der Waals surface area contributed by atoms with E-state index in [9.17, 15) is 14.7 Å². The van der Waals surface area contributed by atoms with Crippen LogP contribution in [0.1, 0.15) is 450 Å². The number of esters is 2. The van der Waals surface area contributed by atoms with E-state index < -0.39 is 6.10 Å². The molecule has 0 heterocycles. The molecule has 0 aromatic rings. The van der Waals surface area contributed by atoms with E-state index in [1.807, 2.05) is 0 Å². The Morgan fingerprint density at radius 2 is 0.467 bits per heavy atom. The van der Waals surface area contributed by atoms with Crippen molar-refractivity contribution in [2.75, 3.05) is 13.2 Å². The van der Waals surface area contributed by atoms with E-state index in [0.29, 0.717) is 12.8 Å². The summed E-state index contributed by atoms with van der Waals surface area (Å²) >= 11 is 0. The maximum absolute atomic E-state index is 12.4. The lowest BCUT2D eigenvalue weighted by molar-refractivity contribution is -0.161. The highest BCUT2D eigenvalue weighted by molar-refractivity contribution is 5.70. The molecule has 92 heavy (non-hydrogen) atoms. The van der Waals surface area contributed by atoms with Gasteiger partial charge in [-0.25, -0.2) is 0 Å². The predicted octanol–water partition coefficient (Wildman–Crippen LogP) is 29.3. The van der Waals surface area contributed by atoms with Gasteiger partial charge in [0.1, 0.15) is 6.61 Å². The van der Waals surface area contributed by atoms with Crippen molar-refractivity contribution in [3.8, 4) is 0 Å². The Morgan fingerprint density at radius 3 is 0.717 bits per heavy atom. The van der Waals surface area contributed by atoms with Gasteiger partial charge in [-0.3, -0.25) is 9.59 Å². The molecule has 1 unspecified atom stereocenters. The minimum atomic E-state index is -0.772. The second-order valence-electron chi connectivity index (χ2n) is 28.2. The molecule has 1 N–H and O–H groups in total. The van der Waals surface area contributed by atoms with Gasteiger partial charge >= 0.3 is 11.9 Å². The molecule has 0 spiro atoms. The van der Waals surface area contributed by atoms with Gasteiger partial charge in [0, 0.05) is 12.8 Å². The first-order valence-electron chi connectivity index (χ1n) is 41.5. The van der Waals surface area contributed by atoms with Crippen molar-refractivity contribution in [3.63, 3.8) is 0 Å². The molecule has 5 nitrogen and oxygen atoms in total. The molecule has 0 bridgehead atoms. The molecule has 0 aromatic heterocycles. The zero-order valence-corrected chi connectivity index (χ0v) is 62.1. The first-order valence-corrected chi connectivity index (χ1v) is 41.5. The number of hydrogen-bond donors (Lipinski definition) is 1. The number of allylic oxidation sites excluding steroid dienone is 12. The van der Waals surface area contributed by atoms with Gasteiger partial charge < -0.3 is 14.6 Å². The molecular weight excluding hydrogens is 1120 g/mol. The van der Waals surface area contributed by atoms with E-state index in [0.717, 1.165) is 64.2 Å². The number of carbonyl (C=O) groups is 2. The van der Waals surface area contributed by atoms with Crippen molar-refractivity contribution >= 4 is 11.9 Å². The minimum absolute atomic E-state index is 0.0598. The third-order valence-electron chi connectivity index (χ3n) is 19.0. The van der Waals surface area contributed by atoms with Crippen LogP contribution in [0.15, 0.2) is 72.9 Å². The Labute approximate surface area is 575 Å². The molecule has 0 aliphatic heterocycles. The van der Waals surface area contributed by atoms with Crippen molar-refractivity contribution < 1.29 is 24.2 Å². The Morgan fingerprint density at radius 1 is 0.261 bits per heavy atom. The van der Waals surface area contributed by atoms with E-state index in [1.165, 1.54) is 360 Å². The third-order valence-corrected chi connectivity index (χ3v) is 19.0. The molecule has 0 saturated heterocycles. The molecule has 538 valence electrons. The van der Waals surface area contributed by atoms with Crippen LogP contribution in [0, 0.1) is 0 Å². The van der Waals surface area contributed by atoms with E-state index in [-0.39, 0.29) is 25.2 Å². The summed E-state index contributed by atoms with van der Waals surface area (Å²) in [7, 11) is 0. The number of unbranched alkanes of at least 4 members (excludes halogenated alkanes) is 58. The smallest absolute Gasteiger partial charge is 0.306 e. The molecule has 0 aromatic carbocycles. The Bertz CT molecular complexity index is 1600. The lowest BCUT2D eigenvalue weighted by Gasteiger charge is -2.15. The van der Waals surface area contributed by atoms with E-state index in [2.05, 4.69) is 86.8 Å². The van der Waals surface area contributed by atoms with Gasteiger partial charge in [0.25, 0.3) is 0 Å². The maximum atomic E-state index is 12.4. The monoisotopic (exact) mass is 1290 g/mol. The van der Waals surface area contributed by atoms with E-state index in [1.54, 1.807) is 0 Å². The molecule has 0 rings (SSSR count). The van der Waals surface area contributed by atoms with Crippen LogP contribution in [0.3, 0.4) is 0 Å². The van der Waals surface area contributed by atoms with Gasteiger partial charge in [0.15, 0.2) is 6.10 Å². The average Bonchev–Trinajstić information content (AvgIpc) is 3.75. The molecule has 1 atom stereocenters. The fraction of sp³-hybridized carbons (Fsp3) is 0.839. The van der Waals surface area contributed by atoms with Crippen molar-refractivity contribution in [1.82, 2.24) is 0 Å². The molecule has 0 aliphatic carbocycles. The molecule has 5 heteroatoms. The van der Waals surface area contributed by atoms with Gasteiger partial charge in [-0.15, -0.1) is 0 Å². The maximum Gasteiger partial charge on any atom is 0.306 e. The van der Waals surface area contributed by atoms with E-state index >= 15 is 0 Å². The molecule has 0 radical (unpaired) electrons. The van der Waals surface area contributed by atoms with Gasteiger partial charge in [-0.1, -0.05) is 427 Å². The van der Waals surface area contributed by atoms with Crippen molar-refractivity contribution in [3.05, 3.63) is 72.9 Å². The Kier molecular flexibility index (Phi) is 80.2. The summed E-state index contributed by atoms with van der Waals surface area (Å²) in [5.74, 6) is -0.564. The number of carbonyl (C=O) groups excluding carboxylic acids is 2. The quantitative estimate of drug-likeness (QED) is 0.0373. The lowest BCUT2D eigenvalue weighted by Crippen LogP contribution is -2.28. The van der Waals surface area contributed by atoms with Gasteiger partial charge in [0.05, 0.1) is 6.61 Å². The summed E-state index contributed by atoms with van der Waals surface area (Å²) in [5.41, 5.74) is 0. The average molecular weight is 1290 g/mol. The minimum Gasteiger partial charge on any atom is -0.462 e. The summed E-state index contributed by atoms with van der Waals surface area (Å²) in [4.78, 5) is 24.7. The highest BCUT2D eigenvalue weighted by Gasteiger charge is 2.16. The molecule has 0 fully saturated rings. The molecule has 0 saturated carbocycles. The Balaban J connectivity index is 3.36. The van der Waals surface area contributed by atoms with E-state index in [4.69, 9.17) is 9.47 Å². The number of hydrogen-bond acceptors (Lipinski definition) is 5. The first kappa shape index (κ1) is 89.3. The zero-order valence-electron chi connectivity index (χ0n) is 62.1. The van der Waals surface area contributed by atoms with Gasteiger partial charge in [-0.2, -0.15) is 0 Å². The van der Waals surface area contributed by atoms with Crippen LogP contribution in [0.25, 0.3) is 0 Å². The first-order chi connectivity index (χ1) is 45.6. The van der Waals surface area contributed by atoms with Crippen molar-refractivity contribution in [1.29, 1.82) is 0 Å². The fourth-order valence-electron chi connectivity index (χ4n) is 12.8. The van der Waals surface area contributed by atoms with Crippen LogP contribution in [0.5, 0.6) is 0 Å². The third kappa shape index (κ3) is 79.8. The van der Waals surface area contributed by atoms with Crippen LogP contribution < -0.4 is 0 Å². The van der Waals surface area contributed by atoms with Crippen LogP contribution in [-0.2, 0) is 19.1 Å². The van der Waals surface area contributed by atoms with Crippen molar-refractivity contribution in [2.24, 2.45) is 0 Å². The number of rotatable bonds is 78. The summed E-state index contributed by atoms with van der Waals surface area (Å²) in [6.07, 6.45) is 116. The SMILES string of the molecule is CC/C=C\C/C=C\C/C=C\C/C=C\C/C=C\CCCCCCCCCCCCCCCCCCCCCCCCCC(=O)OC(CO)COC(=O)CCCCCCCCCCCCCCCCCCCCCCCCCCCCC/C=C\CCCCCCCCCC. The molecular formula is C87H160O5. The second-order valence-corrected chi connectivity index (χ2v) is 28.2. The number of aliphatic hydroxyl groups is 1. The number of ether oxygens (including phenoxy) is 2. The summed E-state index contributed by atoms with van der Waals surface area (Å²) in [5, 5.41) is 9.74. The van der Waals surface area contributed by atoms with Crippen LogP contribution >= 0.6 is 0 Å². The van der Waals surface area contributed by atoms with Crippen LogP contribution in [-0.4, -0.2) is 36.4 Å². The Hall–Kier alpha value is -2.66. The largest absolute Gasteiger partial charge is 0.462 e. The summed E-state index contributed by atoms with van der Waals surface area (Å²) < 4.78 is 10.8. The lowest BCUT2D eigenvalue weighted by atomic mass is 10.0. The van der Waals surface area contributed by atoms with Gasteiger partial charge in [-0.05, 0) is 83.5 Å². The van der Waals surface area contributed by atoms with Crippen LogP contribution in [0.2, 0.25) is 0 Å². The second kappa shape index (κ2) is 82.6. The summed E-state index contributed by atoms with van der Waals surface area (Å²) in [6.45, 7) is 4.09. The predicted molar refractivity (Wildman–Crippen MR) is 408 cm³/mol. The highest BCUT2D eigenvalue weighted by Crippen LogP contribution is 2.20. The summed E-state index contributed by atoms with van der Waals surface area (Å²) in [6, 6.07) is 0. The van der Waals surface area contributed by atoms with Gasteiger partial charge in [0.2, 0.25) is 0 Å². The number of aliphatic hydroxyl groups excluding tert-OH is 1. The normalized spacial score (nSPS) is 12.5. The standard InChI is InChI=1S/C87H160O5/c1-3-5-7-9-11-13-15-17-19-21-23-25-27-29-31-33-35-37-39-41-43-45-47-49-51-53-55-57-59-61-63-65-67-69-71-73-75-77-79-81-86(89)91-84-85(83-88)92-87(90)82-80-78-76-74-72-70-68-66-64-62-60-58-56-54-52-50-48-46-44-42-40-38-36-34-32-30-28-26-24-22-20-18-16-14-12-10-8-6-4-2/h6,8,12,14,18,20-21,23-24,26,30,32,85,88H,3-5,7,9-11,13,15-17,19,22,25,27-29,31,33-84H2,1-2H3/b8-6-,14-12-,20-18-,23-21-,26-24-,32-30-. The molecule has 0 aliphatic rings. The molecule has 0 amide bonds. The highest BCUT2D eigenvalue weighted by atomic mass is 16.6. The van der Waals surface area contributed by atoms with Crippen molar-refractivity contribution in [2.45, 2.75) is 457 Å². The van der Waals surface area contributed by atoms with Crippen LogP contribution in [0.4, 0.5) is 0 Å².